The van der Waals surface area contributed by atoms with E-state index in [0.717, 1.165) is 16.3 Å². The summed E-state index contributed by atoms with van der Waals surface area (Å²) in [5.74, 6) is 0.156. The molecule has 2 aromatic rings. The van der Waals surface area contributed by atoms with Crippen LogP contribution in [0.3, 0.4) is 0 Å². The molecule has 2 atom stereocenters. The average molecular weight is 229 g/mol. The van der Waals surface area contributed by atoms with Gasteiger partial charge < -0.3 is 10.8 Å². The summed E-state index contributed by atoms with van der Waals surface area (Å²) in [6.07, 6.45) is -0.513. The molecule has 2 heteroatoms. The minimum Gasteiger partial charge on any atom is -0.391 e. The van der Waals surface area contributed by atoms with Gasteiger partial charge >= 0.3 is 0 Å². The van der Waals surface area contributed by atoms with Crippen molar-refractivity contribution < 1.29 is 5.11 Å². The monoisotopic (exact) mass is 229 g/mol. The summed E-state index contributed by atoms with van der Waals surface area (Å²) >= 11 is 0. The molecule has 0 radical (unpaired) electrons. The van der Waals surface area contributed by atoms with Gasteiger partial charge in [-0.3, -0.25) is 0 Å². The second kappa shape index (κ2) is 4.86. The Morgan fingerprint density at radius 1 is 1.00 bits per heavy atom. The van der Waals surface area contributed by atoms with Crippen LogP contribution in [0.1, 0.15) is 25.5 Å². The van der Waals surface area contributed by atoms with Gasteiger partial charge in [-0.25, -0.2) is 0 Å². The lowest BCUT2D eigenvalue weighted by molar-refractivity contribution is 0.0984. The minimum atomic E-state index is -0.513. The van der Waals surface area contributed by atoms with Crippen molar-refractivity contribution in [2.45, 2.75) is 26.0 Å². The van der Waals surface area contributed by atoms with E-state index >= 15 is 0 Å². The smallest absolute Gasteiger partial charge is 0.0755 e. The first-order chi connectivity index (χ1) is 8.11. The molecular formula is C15H19NO. The van der Waals surface area contributed by atoms with Gasteiger partial charge in [0.1, 0.15) is 0 Å². The molecule has 0 aromatic heterocycles. The second-order valence-corrected chi connectivity index (χ2v) is 4.83. The van der Waals surface area contributed by atoms with Crippen LogP contribution in [0.5, 0.6) is 0 Å². The van der Waals surface area contributed by atoms with Crippen LogP contribution in [-0.2, 0) is 0 Å². The molecule has 0 unspecified atom stereocenters. The van der Waals surface area contributed by atoms with Gasteiger partial charge in [0, 0.05) is 0 Å². The highest BCUT2D eigenvalue weighted by molar-refractivity contribution is 5.86. The number of hydrogen-bond donors (Lipinski definition) is 2. The largest absolute Gasteiger partial charge is 0.391 e. The normalized spacial score (nSPS) is 15.1. The van der Waals surface area contributed by atoms with Crippen molar-refractivity contribution in [3.63, 3.8) is 0 Å². The van der Waals surface area contributed by atoms with Crippen LogP contribution in [0.25, 0.3) is 10.8 Å². The molecule has 0 amide bonds. The van der Waals surface area contributed by atoms with Crippen LogP contribution in [0, 0.1) is 5.92 Å². The zero-order valence-corrected chi connectivity index (χ0v) is 10.3. The van der Waals surface area contributed by atoms with Gasteiger partial charge in [-0.05, 0) is 22.3 Å². The van der Waals surface area contributed by atoms with E-state index in [0.29, 0.717) is 0 Å². The van der Waals surface area contributed by atoms with Crippen LogP contribution >= 0.6 is 0 Å². The van der Waals surface area contributed by atoms with Crippen molar-refractivity contribution in [1.82, 2.24) is 0 Å². The van der Waals surface area contributed by atoms with Gasteiger partial charge in [-0.15, -0.1) is 0 Å². The van der Waals surface area contributed by atoms with Crippen LogP contribution in [0.15, 0.2) is 42.5 Å². The van der Waals surface area contributed by atoms with Gasteiger partial charge in [-0.2, -0.15) is 0 Å². The Morgan fingerprint density at radius 3 is 2.35 bits per heavy atom. The number of hydrogen-bond acceptors (Lipinski definition) is 2. The number of rotatable bonds is 3. The summed E-state index contributed by atoms with van der Waals surface area (Å²) in [5.41, 5.74) is 7.17. The maximum Gasteiger partial charge on any atom is 0.0755 e. The molecule has 2 nitrogen and oxygen atoms in total. The lowest BCUT2D eigenvalue weighted by Gasteiger charge is -2.23. The second-order valence-electron chi connectivity index (χ2n) is 4.83. The van der Waals surface area contributed by atoms with Gasteiger partial charge in [0.15, 0.2) is 0 Å². The number of benzene rings is 2. The van der Waals surface area contributed by atoms with Crippen molar-refractivity contribution >= 4 is 10.8 Å². The van der Waals surface area contributed by atoms with E-state index in [1.54, 1.807) is 0 Å². The topological polar surface area (TPSA) is 46.2 Å². The van der Waals surface area contributed by atoms with Crippen molar-refractivity contribution in [2.75, 3.05) is 0 Å². The lowest BCUT2D eigenvalue weighted by atomic mass is 9.91. The molecule has 0 aliphatic heterocycles. The Morgan fingerprint density at radius 2 is 1.65 bits per heavy atom. The van der Waals surface area contributed by atoms with Crippen molar-refractivity contribution in [2.24, 2.45) is 11.7 Å². The summed E-state index contributed by atoms with van der Waals surface area (Å²) in [4.78, 5) is 0. The van der Waals surface area contributed by atoms with Crippen LogP contribution in [0.4, 0.5) is 0 Å². The van der Waals surface area contributed by atoms with E-state index in [2.05, 4.69) is 18.2 Å². The fourth-order valence-electron chi connectivity index (χ4n) is 2.14. The zero-order valence-electron chi connectivity index (χ0n) is 10.3. The fourth-order valence-corrected chi connectivity index (χ4v) is 2.14. The molecule has 0 saturated heterocycles. The third kappa shape index (κ3) is 2.33. The van der Waals surface area contributed by atoms with Crippen molar-refractivity contribution in [1.29, 1.82) is 0 Å². The first kappa shape index (κ1) is 12.1. The number of nitrogens with two attached hydrogens (primary N) is 1. The molecule has 0 aliphatic carbocycles. The Balaban J connectivity index is 2.48. The highest BCUT2D eigenvalue weighted by Crippen LogP contribution is 2.26. The maximum absolute atomic E-state index is 10.1. The highest BCUT2D eigenvalue weighted by atomic mass is 16.3. The summed E-state index contributed by atoms with van der Waals surface area (Å²) in [5, 5.41) is 12.4. The Labute approximate surface area is 102 Å². The zero-order chi connectivity index (χ0) is 12.4. The van der Waals surface area contributed by atoms with Crippen LogP contribution < -0.4 is 5.73 Å². The summed E-state index contributed by atoms with van der Waals surface area (Å²) in [6, 6.07) is 13.8. The molecule has 0 aliphatic rings. The molecular weight excluding hydrogens is 210 g/mol. The molecule has 0 bridgehead atoms. The molecule has 90 valence electrons. The van der Waals surface area contributed by atoms with E-state index in [1.807, 2.05) is 38.1 Å². The van der Waals surface area contributed by atoms with E-state index in [-0.39, 0.29) is 12.0 Å². The minimum absolute atomic E-state index is 0.156. The standard InChI is InChI=1S/C15H19NO/c1-10(2)15(17)14(16)13-9-5-7-11-6-3-4-8-12(11)13/h3-10,14-15,17H,16H2,1-2H3/t14-,15+/m0/s1. The Kier molecular flexibility index (Phi) is 3.46. The van der Waals surface area contributed by atoms with Crippen LogP contribution in [0.2, 0.25) is 0 Å². The summed E-state index contributed by atoms with van der Waals surface area (Å²) in [7, 11) is 0. The van der Waals surface area contributed by atoms with Crippen molar-refractivity contribution in [3.8, 4) is 0 Å². The molecule has 17 heavy (non-hydrogen) atoms. The van der Waals surface area contributed by atoms with Gasteiger partial charge in [0.25, 0.3) is 0 Å². The van der Waals surface area contributed by atoms with E-state index < -0.39 is 6.10 Å². The van der Waals surface area contributed by atoms with Crippen molar-refractivity contribution in [3.05, 3.63) is 48.0 Å². The molecule has 0 heterocycles. The third-order valence-corrected chi connectivity index (χ3v) is 3.23. The number of aliphatic hydroxyl groups is 1. The molecule has 0 fully saturated rings. The van der Waals surface area contributed by atoms with Gasteiger partial charge in [0.2, 0.25) is 0 Å². The lowest BCUT2D eigenvalue weighted by Crippen LogP contribution is -2.30. The van der Waals surface area contributed by atoms with Gasteiger partial charge in [0.05, 0.1) is 12.1 Å². The first-order valence-corrected chi connectivity index (χ1v) is 6.02. The summed E-state index contributed by atoms with van der Waals surface area (Å²) < 4.78 is 0. The van der Waals surface area contributed by atoms with E-state index in [4.69, 9.17) is 5.73 Å². The molecule has 0 spiro atoms. The maximum atomic E-state index is 10.1. The number of fused-ring (bicyclic) bond motifs is 1. The predicted molar refractivity (Wildman–Crippen MR) is 71.7 cm³/mol. The Hall–Kier alpha value is -1.38. The number of aliphatic hydroxyl groups excluding tert-OH is 1. The van der Waals surface area contributed by atoms with E-state index in [9.17, 15) is 5.11 Å². The first-order valence-electron chi connectivity index (χ1n) is 6.02. The highest BCUT2D eigenvalue weighted by Gasteiger charge is 2.21. The predicted octanol–water partition coefficient (Wildman–Crippen LogP) is 2.86. The quantitative estimate of drug-likeness (QED) is 0.850. The molecule has 2 rings (SSSR count). The van der Waals surface area contributed by atoms with Crippen LogP contribution in [-0.4, -0.2) is 11.2 Å². The fraction of sp³-hybridized carbons (Fsp3) is 0.333. The van der Waals surface area contributed by atoms with E-state index in [1.165, 1.54) is 0 Å². The third-order valence-electron chi connectivity index (χ3n) is 3.23. The molecule has 0 saturated carbocycles. The average Bonchev–Trinajstić information content (AvgIpc) is 2.36. The summed E-state index contributed by atoms with van der Waals surface area (Å²) in [6.45, 7) is 3.96. The Bertz CT molecular complexity index is 502. The SMILES string of the molecule is CC(C)[C@@H](O)[C@@H](N)c1cccc2ccccc12. The van der Waals surface area contributed by atoms with Gasteiger partial charge in [-0.1, -0.05) is 56.3 Å². The molecule has 2 aromatic carbocycles. The molecule has 3 N–H and O–H groups in total.